The van der Waals surface area contributed by atoms with Crippen molar-refractivity contribution >= 4 is 29.4 Å². The predicted molar refractivity (Wildman–Crippen MR) is 72.1 cm³/mol. The van der Waals surface area contributed by atoms with Crippen LogP contribution in [0.15, 0.2) is 24.3 Å². The molecule has 16 heavy (non-hydrogen) atoms. The number of nitrogens with zero attached hydrogens (tertiary/aromatic N) is 2. The quantitative estimate of drug-likeness (QED) is 0.803. The van der Waals surface area contributed by atoms with Gasteiger partial charge in [-0.25, -0.2) is 4.98 Å². The van der Waals surface area contributed by atoms with Gasteiger partial charge in [0.2, 0.25) is 5.95 Å². The Bertz CT molecular complexity index is 425. The van der Waals surface area contributed by atoms with Crippen LogP contribution in [0.5, 0.6) is 0 Å². The summed E-state index contributed by atoms with van der Waals surface area (Å²) in [5.74, 6) is 0.596. The second-order valence-corrected chi connectivity index (χ2v) is 3.20. The lowest BCUT2D eigenvalue weighted by Crippen LogP contribution is -2.00. The van der Waals surface area contributed by atoms with Crippen molar-refractivity contribution in [3.8, 4) is 0 Å². The zero-order chi connectivity index (χ0) is 11.3. The molecule has 3 N–H and O–H groups in total. The molecule has 0 aliphatic heterocycles. The van der Waals surface area contributed by atoms with E-state index >= 15 is 0 Å². The van der Waals surface area contributed by atoms with Crippen LogP contribution < -0.4 is 11.1 Å². The van der Waals surface area contributed by atoms with Crippen molar-refractivity contribution in [1.29, 1.82) is 0 Å². The number of hydrogen-bond donors (Lipinski definition) is 2. The number of nitrogens with two attached hydrogens (primary N) is 1. The van der Waals surface area contributed by atoms with Crippen LogP contribution >= 0.6 is 12.4 Å². The average Bonchev–Trinajstić information content (AvgIpc) is 2.54. The summed E-state index contributed by atoms with van der Waals surface area (Å²) in [6.45, 7) is 2.93. The molecule has 0 bridgehead atoms. The van der Waals surface area contributed by atoms with E-state index in [2.05, 4.69) is 17.2 Å². The number of hydrogen-bond acceptors (Lipinski definition) is 3. The first kappa shape index (κ1) is 14.7. The van der Waals surface area contributed by atoms with E-state index in [0.29, 0.717) is 5.95 Å². The van der Waals surface area contributed by atoms with Crippen LogP contribution in [-0.4, -0.2) is 23.6 Å². The molecule has 5 heteroatoms. The number of fused-ring (bicyclic) bond motifs is 1. The van der Waals surface area contributed by atoms with Crippen LogP contribution in [0.25, 0.3) is 11.0 Å². The highest BCUT2D eigenvalue weighted by molar-refractivity contribution is 5.85. The standard InChI is InChI=1S/C9H11N3.C2H7N.ClH/c1-2-12-8-6-4-3-5-7(8)11-9(12)10;1-3-2;/h3-6H,2H2,1H3,(H2,10,11);3H,1-2H3;1H. The SMILES string of the molecule is CCn1c(N)nc2ccccc21.CNC.Cl. The van der Waals surface area contributed by atoms with Gasteiger partial charge in [0.25, 0.3) is 0 Å². The summed E-state index contributed by atoms with van der Waals surface area (Å²) in [6.07, 6.45) is 0. The van der Waals surface area contributed by atoms with Crippen LogP contribution in [0, 0.1) is 0 Å². The number of nitrogens with one attached hydrogen (secondary N) is 1. The topological polar surface area (TPSA) is 55.9 Å². The van der Waals surface area contributed by atoms with Crippen molar-refractivity contribution in [1.82, 2.24) is 14.9 Å². The summed E-state index contributed by atoms with van der Waals surface area (Å²) in [7, 11) is 3.75. The Morgan fingerprint density at radius 3 is 2.44 bits per heavy atom. The summed E-state index contributed by atoms with van der Waals surface area (Å²) in [6, 6.07) is 7.96. The Kier molecular flexibility index (Phi) is 6.53. The first-order chi connectivity index (χ1) is 7.24. The minimum atomic E-state index is 0. The third kappa shape index (κ3) is 3.12. The number of para-hydroxylation sites is 2. The van der Waals surface area contributed by atoms with Crippen LogP contribution in [-0.2, 0) is 6.54 Å². The van der Waals surface area contributed by atoms with E-state index in [-0.39, 0.29) is 12.4 Å². The Morgan fingerprint density at radius 2 is 1.88 bits per heavy atom. The van der Waals surface area contributed by atoms with Gasteiger partial charge in [0.1, 0.15) is 0 Å². The maximum Gasteiger partial charge on any atom is 0.201 e. The summed E-state index contributed by atoms with van der Waals surface area (Å²) >= 11 is 0. The van der Waals surface area contributed by atoms with E-state index in [9.17, 15) is 0 Å². The van der Waals surface area contributed by atoms with Crippen molar-refractivity contribution in [2.45, 2.75) is 13.5 Å². The second-order valence-electron chi connectivity index (χ2n) is 3.20. The number of imidazole rings is 1. The van der Waals surface area contributed by atoms with E-state index in [1.165, 1.54) is 0 Å². The Hall–Kier alpha value is -1.26. The molecule has 0 saturated carbocycles. The molecule has 1 heterocycles. The monoisotopic (exact) mass is 242 g/mol. The predicted octanol–water partition coefficient (Wildman–Crippen LogP) is 1.90. The highest BCUT2D eigenvalue weighted by atomic mass is 35.5. The molecule has 4 nitrogen and oxygen atoms in total. The maximum absolute atomic E-state index is 5.72. The fourth-order valence-corrected chi connectivity index (χ4v) is 1.43. The molecule has 0 aliphatic carbocycles. The lowest BCUT2D eigenvalue weighted by Gasteiger charge is -1.99. The number of anilines is 1. The van der Waals surface area contributed by atoms with Crippen molar-refractivity contribution in [2.75, 3.05) is 19.8 Å². The zero-order valence-electron chi connectivity index (χ0n) is 9.90. The minimum Gasteiger partial charge on any atom is -0.369 e. The van der Waals surface area contributed by atoms with Gasteiger partial charge in [-0.2, -0.15) is 0 Å². The van der Waals surface area contributed by atoms with E-state index in [4.69, 9.17) is 5.73 Å². The summed E-state index contributed by atoms with van der Waals surface area (Å²) in [5, 5.41) is 2.75. The molecule has 0 radical (unpaired) electrons. The van der Waals surface area contributed by atoms with E-state index in [0.717, 1.165) is 17.6 Å². The third-order valence-corrected chi connectivity index (χ3v) is 2.00. The highest BCUT2D eigenvalue weighted by Crippen LogP contribution is 2.16. The van der Waals surface area contributed by atoms with E-state index in [1.54, 1.807) is 0 Å². The van der Waals surface area contributed by atoms with Gasteiger partial charge < -0.3 is 15.6 Å². The van der Waals surface area contributed by atoms with E-state index < -0.39 is 0 Å². The fourth-order valence-electron chi connectivity index (χ4n) is 1.43. The smallest absolute Gasteiger partial charge is 0.201 e. The molecule has 90 valence electrons. The van der Waals surface area contributed by atoms with Gasteiger partial charge in [-0.1, -0.05) is 12.1 Å². The van der Waals surface area contributed by atoms with Crippen molar-refractivity contribution < 1.29 is 0 Å². The van der Waals surface area contributed by atoms with Crippen LogP contribution in [0.2, 0.25) is 0 Å². The van der Waals surface area contributed by atoms with Gasteiger partial charge in [-0.05, 0) is 33.2 Å². The number of nitrogen functional groups attached to an aromatic ring is 1. The molecule has 0 fully saturated rings. The van der Waals surface area contributed by atoms with Crippen molar-refractivity contribution in [2.24, 2.45) is 0 Å². The summed E-state index contributed by atoms with van der Waals surface area (Å²) in [4.78, 5) is 4.22. The summed E-state index contributed by atoms with van der Waals surface area (Å²) in [5.41, 5.74) is 7.79. The largest absolute Gasteiger partial charge is 0.369 e. The minimum absolute atomic E-state index is 0. The number of aryl methyl sites for hydroxylation is 1. The van der Waals surface area contributed by atoms with Gasteiger partial charge in [0, 0.05) is 6.54 Å². The third-order valence-electron chi connectivity index (χ3n) is 2.00. The van der Waals surface area contributed by atoms with Gasteiger partial charge in [-0.3, -0.25) is 0 Å². The van der Waals surface area contributed by atoms with Crippen LogP contribution in [0.1, 0.15) is 6.92 Å². The Morgan fingerprint density at radius 1 is 1.31 bits per heavy atom. The fraction of sp³-hybridized carbons (Fsp3) is 0.364. The van der Waals surface area contributed by atoms with Gasteiger partial charge in [0.15, 0.2) is 0 Å². The van der Waals surface area contributed by atoms with Gasteiger partial charge >= 0.3 is 0 Å². The number of halogens is 1. The average molecular weight is 243 g/mol. The van der Waals surface area contributed by atoms with E-state index in [1.807, 2.05) is 42.9 Å². The normalized spacial score (nSPS) is 9.19. The molecule has 0 unspecified atom stereocenters. The maximum atomic E-state index is 5.72. The van der Waals surface area contributed by atoms with Gasteiger partial charge in [-0.15, -0.1) is 12.4 Å². The molecule has 0 saturated heterocycles. The molecule has 2 aromatic rings. The number of aromatic nitrogens is 2. The lowest BCUT2D eigenvalue weighted by molar-refractivity contribution is 0.800. The van der Waals surface area contributed by atoms with Crippen LogP contribution in [0.3, 0.4) is 0 Å². The number of benzene rings is 1. The molecule has 0 aliphatic rings. The van der Waals surface area contributed by atoms with Crippen molar-refractivity contribution in [3.05, 3.63) is 24.3 Å². The molecule has 2 rings (SSSR count). The first-order valence-electron chi connectivity index (χ1n) is 5.03. The van der Waals surface area contributed by atoms with Crippen LogP contribution in [0.4, 0.5) is 5.95 Å². The molecule has 0 amide bonds. The first-order valence-corrected chi connectivity index (χ1v) is 5.03. The second kappa shape index (κ2) is 7.09. The van der Waals surface area contributed by atoms with Gasteiger partial charge in [0.05, 0.1) is 11.0 Å². The number of rotatable bonds is 1. The van der Waals surface area contributed by atoms with Crippen molar-refractivity contribution in [3.63, 3.8) is 0 Å². The molecular weight excluding hydrogens is 224 g/mol. The molecule has 1 aromatic carbocycles. The lowest BCUT2D eigenvalue weighted by atomic mass is 10.3. The highest BCUT2D eigenvalue weighted by Gasteiger charge is 2.03. The Balaban J connectivity index is 0.000000511. The molecule has 0 atom stereocenters. The Labute approximate surface area is 102 Å². The molecule has 0 spiro atoms. The summed E-state index contributed by atoms with van der Waals surface area (Å²) < 4.78 is 2.00. The molecular formula is C11H19ClN4. The zero-order valence-corrected chi connectivity index (χ0v) is 10.7. The molecule has 1 aromatic heterocycles.